The molecule has 0 bridgehead atoms. The van der Waals surface area contributed by atoms with Gasteiger partial charge in [0, 0.05) is 26.2 Å². The monoisotopic (exact) mass is 342 g/mol. The molecule has 1 aromatic rings. The molecule has 3 nitrogen and oxygen atoms in total. The van der Waals surface area contributed by atoms with Crippen LogP contribution in [0.1, 0.15) is 17.2 Å². The molecule has 0 saturated carbocycles. The van der Waals surface area contributed by atoms with Crippen molar-refractivity contribution in [1.82, 2.24) is 10.2 Å². The number of nitrogens with zero attached hydrogens (tertiary/aromatic N) is 1. The Hall–Kier alpha value is -1.32. The average Bonchev–Trinajstić information content (AvgIpc) is 2.47. The fourth-order valence-electron chi connectivity index (χ4n) is 2.68. The van der Waals surface area contributed by atoms with Gasteiger partial charge in [0.1, 0.15) is 18.5 Å². The summed E-state index contributed by atoms with van der Waals surface area (Å²) in [6, 6.07) is -0.397. The predicted octanol–water partition coefficient (Wildman–Crippen LogP) is 2.42. The van der Waals surface area contributed by atoms with Crippen LogP contribution in [0.5, 0.6) is 0 Å². The molecule has 1 heterocycles. The van der Waals surface area contributed by atoms with Crippen LogP contribution in [-0.2, 0) is 6.18 Å². The van der Waals surface area contributed by atoms with E-state index in [1.165, 1.54) is 4.90 Å². The predicted molar refractivity (Wildman–Crippen MR) is 70.6 cm³/mol. The highest BCUT2D eigenvalue weighted by Gasteiger charge is 2.45. The van der Waals surface area contributed by atoms with Gasteiger partial charge in [0.2, 0.25) is 0 Å². The van der Waals surface area contributed by atoms with Crippen molar-refractivity contribution >= 4 is 0 Å². The summed E-state index contributed by atoms with van der Waals surface area (Å²) in [7, 11) is 0. The van der Waals surface area contributed by atoms with Crippen molar-refractivity contribution in [2.45, 2.75) is 18.1 Å². The molecule has 1 aliphatic heterocycles. The molecule has 130 valence electrons. The highest BCUT2D eigenvalue weighted by Crippen LogP contribution is 2.39. The van der Waals surface area contributed by atoms with E-state index in [2.05, 4.69) is 5.32 Å². The number of benzene rings is 1. The van der Waals surface area contributed by atoms with Gasteiger partial charge in [0.25, 0.3) is 5.92 Å². The van der Waals surface area contributed by atoms with Crippen LogP contribution in [0.4, 0.5) is 26.3 Å². The van der Waals surface area contributed by atoms with E-state index in [9.17, 15) is 26.3 Å². The first kappa shape index (κ1) is 18.0. The molecule has 1 aromatic carbocycles. The molecule has 0 radical (unpaired) electrons. The van der Waals surface area contributed by atoms with Crippen molar-refractivity contribution in [3.63, 3.8) is 0 Å². The number of alkyl halides is 5. The van der Waals surface area contributed by atoms with E-state index in [0.29, 0.717) is 25.2 Å². The minimum absolute atomic E-state index is 0.151. The van der Waals surface area contributed by atoms with E-state index in [1.54, 1.807) is 0 Å². The maximum Gasteiger partial charge on any atom is 0.416 e. The van der Waals surface area contributed by atoms with Crippen LogP contribution >= 0.6 is 0 Å². The lowest BCUT2D eigenvalue weighted by atomic mass is 9.96. The Morgan fingerprint density at radius 2 is 1.70 bits per heavy atom. The number of rotatable bonds is 4. The van der Waals surface area contributed by atoms with E-state index >= 15 is 0 Å². The second-order valence-electron chi connectivity index (χ2n) is 5.38. The van der Waals surface area contributed by atoms with Gasteiger partial charge in [0.15, 0.2) is 0 Å². The van der Waals surface area contributed by atoms with Crippen molar-refractivity contribution in [2.75, 3.05) is 32.8 Å². The van der Waals surface area contributed by atoms with Gasteiger partial charge in [-0.25, -0.2) is 13.2 Å². The van der Waals surface area contributed by atoms with E-state index in [-0.39, 0.29) is 19.2 Å². The number of hydrogen-bond acceptors (Lipinski definition) is 3. The summed E-state index contributed by atoms with van der Waals surface area (Å²) >= 11 is 0. The number of aliphatic hydroxyl groups excluding tert-OH is 1. The number of aliphatic hydroxyl groups is 1. The van der Waals surface area contributed by atoms with Gasteiger partial charge in [-0.1, -0.05) is 0 Å². The van der Waals surface area contributed by atoms with E-state index in [4.69, 9.17) is 5.11 Å². The SMILES string of the molecule is OCC(F)(F)[C@H](c1cc(F)cc(C(F)(F)F)c1)N1CCNCC1. The van der Waals surface area contributed by atoms with Crippen molar-refractivity contribution in [3.8, 4) is 0 Å². The highest BCUT2D eigenvalue weighted by molar-refractivity contribution is 5.30. The van der Waals surface area contributed by atoms with Gasteiger partial charge in [-0.15, -0.1) is 0 Å². The summed E-state index contributed by atoms with van der Waals surface area (Å²) in [6.07, 6.45) is -4.85. The molecular weight excluding hydrogens is 326 g/mol. The fraction of sp³-hybridized carbons (Fsp3) is 0.571. The second-order valence-corrected chi connectivity index (χ2v) is 5.38. The summed E-state index contributed by atoms with van der Waals surface area (Å²) in [6.45, 7) is -0.491. The fourth-order valence-corrected chi connectivity index (χ4v) is 2.68. The third-order valence-corrected chi connectivity index (χ3v) is 3.69. The zero-order valence-corrected chi connectivity index (χ0v) is 12.0. The quantitative estimate of drug-likeness (QED) is 0.825. The Morgan fingerprint density at radius 3 is 2.22 bits per heavy atom. The van der Waals surface area contributed by atoms with E-state index in [0.717, 1.165) is 0 Å². The largest absolute Gasteiger partial charge is 0.416 e. The van der Waals surface area contributed by atoms with Gasteiger partial charge in [-0.05, 0) is 23.8 Å². The molecule has 1 aliphatic rings. The summed E-state index contributed by atoms with van der Waals surface area (Å²) < 4.78 is 80.2. The first-order valence-electron chi connectivity index (χ1n) is 6.96. The smallest absolute Gasteiger partial charge is 0.390 e. The molecule has 0 spiro atoms. The lowest BCUT2D eigenvalue weighted by Gasteiger charge is -2.39. The minimum atomic E-state index is -4.85. The third-order valence-electron chi connectivity index (χ3n) is 3.69. The maximum atomic E-state index is 14.1. The molecule has 23 heavy (non-hydrogen) atoms. The molecular formula is C14H16F6N2O. The lowest BCUT2D eigenvalue weighted by molar-refractivity contribution is -0.138. The van der Waals surface area contributed by atoms with Crippen LogP contribution in [-0.4, -0.2) is 48.7 Å². The van der Waals surface area contributed by atoms with Crippen LogP contribution in [0.15, 0.2) is 18.2 Å². The zero-order chi connectivity index (χ0) is 17.3. The van der Waals surface area contributed by atoms with E-state index < -0.39 is 41.7 Å². The lowest BCUT2D eigenvalue weighted by Crippen LogP contribution is -2.51. The van der Waals surface area contributed by atoms with Crippen molar-refractivity contribution < 1.29 is 31.4 Å². The molecule has 1 atom stereocenters. The summed E-state index contributed by atoms with van der Waals surface area (Å²) in [5.74, 6) is -4.95. The minimum Gasteiger partial charge on any atom is -0.390 e. The van der Waals surface area contributed by atoms with Crippen LogP contribution in [0.2, 0.25) is 0 Å². The van der Waals surface area contributed by atoms with Gasteiger partial charge in [-0.3, -0.25) is 4.90 Å². The molecule has 0 amide bonds. The Kier molecular flexibility index (Phi) is 5.22. The number of hydrogen-bond donors (Lipinski definition) is 2. The average molecular weight is 342 g/mol. The Morgan fingerprint density at radius 1 is 1.09 bits per heavy atom. The highest BCUT2D eigenvalue weighted by atomic mass is 19.4. The zero-order valence-electron chi connectivity index (χ0n) is 12.0. The number of nitrogens with one attached hydrogen (secondary N) is 1. The van der Waals surface area contributed by atoms with Crippen LogP contribution in [0.3, 0.4) is 0 Å². The molecule has 2 N–H and O–H groups in total. The topological polar surface area (TPSA) is 35.5 Å². The number of halogens is 6. The van der Waals surface area contributed by atoms with Gasteiger partial charge < -0.3 is 10.4 Å². The molecule has 1 fully saturated rings. The second kappa shape index (κ2) is 6.66. The maximum absolute atomic E-state index is 14.1. The first-order chi connectivity index (χ1) is 10.6. The van der Waals surface area contributed by atoms with Crippen molar-refractivity contribution in [3.05, 3.63) is 35.1 Å². The Bertz CT molecular complexity index is 543. The molecule has 1 saturated heterocycles. The normalized spacial score (nSPS) is 18.9. The molecule has 0 aliphatic carbocycles. The molecule has 2 rings (SSSR count). The Balaban J connectivity index is 2.48. The summed E-state index contributed by atoms with van der Waals surface area (Å²) in [5.41, 5.74) is -1.83. The first-order valence-corrected chi connectivity index (χ1v) is 6.96. The molecule has 9 heteroatoms. The Labute approximate surface area is 128 Å². The number of piperazine rings is 1. The van der Waals surface area contributed by atoms with Crippen LogP contribution in [0, 0.1) is 5.82 Å². The van der Waals surface area contributed by atoms with Gasteiger partial charge in [-0.2, -0.15) is 13.2 Å². The summed E-state index contributed by atoms with van der Waals surface area (Å²) in [4.78, 5) is 1.25. The van der Waals surface area contributed by atoms with Crippen LogP contribution in [0.25, 0.3) is 0 Å². The van der Waals surface area contributed by atoms with Crippen molar-refractivity contribution in [1.29, 1.82) is 0 Å². The summed E-state index contributed by atoms with van der Waals surface area (Å²) in [5, 5.41) is 11.9. The molecule has 0 aromatic heterocycles. The van der Waals surface area contributed by atoms with E-state index in [1.807, 2.05) is 0 Å². The third kappa shape index (κ3) is 4.15. The van der Waals surface area contributed by atoms with Gasteiger partial charge >= 0.3 is 6.18 Å². The van der Waals surface area contributed by atoms with Crippen molar-refractivity contribution in [2.24, 2.45) is 0 Å². The standard InChI is InChI=1S/C14H16F6N2O/c15-11-6-9(5-10(7-11)14(18,19)20)12(13(16,17)8-23)22-3-1-21-2-4-22/h5-7,12,21,23H,1-4,8H2/t12-/m0/s1. The van der Waals surface area contributed by atoms with Gasteiger partial charge in [0.05, 0.1) is 5.56 Å². The van der Waals surface area contributed by atoms with Crippen LogP contribution < -0.4 is 5.32 Å². The molecule has 0 unspecified atom stereocenters.